The molecular weight excluding hydrogens is 336 g/mol. The second-order valence-electron chi connectivity index (χ2n) is 7.01. The topological polar surface area (TPSA) is 45.5 Å². The van der Waals surface area contributed by atoms with E-state index in [1.165, 1.54) is 5.56 Å². The Bertz CT molecular complexity index is 970. The first kappa shape index (κ1) is 17.6. The van der Waals surface area contributed by atoms with E-state index >= 15 is 0 Å². The normalized spacial score (nSPS) is 16.1. The number of nitrogens with one attached hydrogen (secondary N) is 1. The summed E-state index contributed by atoms with van der Waals surface area (Å²) in [4.78, 5) is 14.3. The fourth-order valence-corrected chi connectivity index (χ4v) is 3.61. The predicted molar refractivity (Wildman–Crippen MR) is 111 cm³/mol. The average molecular weight is 360 g/mol. The largest absolute Gasteiger partial charge is 0.423 e. The third kappa shape index (κ3) is 4.47. The van der Waals surface area contributed by atoms with Gasteiger partial charge in [0.25, 0.3) is 0 Å². The van der Waals surface area contributed by atoms with Gasteiger partial charge in [0.15, 0.2) is 0 Å². The molecule has 4 heteroatoms. The molecule has 27 heavy (non-hydrogen) atoms. The maximum absolute atomic E-state index is 11.8. The first-order valence-corrected chi connectivity index (χ1v) is 9.51. The molecule has 2 heterocycles. The van der Waals surface area contributed by atoms with Crippen LogP contribution in [-0.2, 0) is 0 Å². The van der Waals surface area contributed by atoms with Crippen molar-refractivity contribution in [2.45, 2.75) is 18.9 Å². The Morgan fingerprint density at radius 3 is 2.59 bits per heavy atom. The SMILES string of the molecule is O=c1cc(NC2CCN(C/C=C/c3ccccc3)CC2)c2ccccc2o1. The number of hydrogen-bond acceptors (Lipinski definition) is 4. The van der Waals surface area contributed by atoms with Crippen molar-refractivity contribution >= 4 is 22.7 Å². The van der Waals surface area contributed by atoms with Crippen LogP contribution in [0.4, 0.5) is 5.69 Å². The minimum absolute atomic E-state index is 0.306. The number of para-hydroxylation sites is 1. The fourth-order valence-electron chi connectivity index (χ4n) is 3.61. The molecule has 4 nitrogen and oxygen atoms in total. The molecule has 0 radical (unpaired) electrons. The molecule has 138 valence electrons. The van der Waals surface area contributed by atoms with E-state index in [4.69, 9.17) is 4.42 Å². The second kappa shape index (κ2) is 8.23. The summed E-state index contributed by atoms with van der Waals surface area (Å²) in [6.45, 7) is 3.08. The Morgan fingerprint density at radius 1 is 1.04 bits per heavy atom. The van der Waals surface area contributed by atoms with Crippen molar-refractivity contribution in [3.8, 4) is 0 Å². The van der Waals surface area contributed by atoms with Gasteiger partial charge >= 0.3 is 5.63 Å². The Hall–Kier alpha value is -2.85. The molecule has 1 aliphatic heterocycles. The number of likely N-dealkylation sites (tertiary alicyclic amines) is 1. The number of nitrogens with zero attached hydrogens (tertiary/aromatic N) is 1. The van der Waals surface area contributed by atoms with Gasteiger partial charge in [-0.15, -0.1) is 0 Å². The van der Waals surface area contributed by atoms with Crippen molar-refractivity contribution < 1.29 is 4.42 Å². The van der Waals surface area contributed by atoms with E-state index in [1.807, 2.05) is 30.3 Å². The third-order valence-electron chi connectivity index (χ3n) is 5.07. The lowest BCUT2D eigenvalue weighted by Gasteiger charge is -2.32. The maximum Gasteiger partial charge on any atom is 0.338 e. The van der Waals surface area contributed by atoms with Crippen molar-refractivity contribution in [2.24, 2.45) is 0 Å². The van der Waals surface area contributed by atoms with Crippen LogP contribution in [0, 0.1) is 0 Å². The van der Waals surface area contributed by atoms with E-state index < -0.39 is 0 Å². The van der Waals surface area contributed by atoms with Gasteiger partial charge in [-0.3, -0.25) is 4.90 Å². The van der Waals surface area contributed by atoms with E-state index in [1.54, 1.807) is 6.07 Å². The van der Waals surface area contributed by atoms with Crippen LogP contribution < -0.4 is 10.9 Å². The third-order valence-corrected chi connectivity index (χ3v) is 5.07. The Balaban J connectivity index is 1.34. The van der Waals surface area contributed by atoms with Gasteiger partial charge in [0.05, 0.1) is 5.69 Å². The summed E-state index contributed by atoms with van der Waals surface area (Å²) in [5.41, 5.74) is 2.45. The quantitative estimate of drug-likeness (QED) is 0.686. The van der Waals surface area contributed by atoms with Crippen LogP contribution in [-0.4, -0.2) is 30.6 Å². The Morgan fingerprint density at radius 2 is 1.78 bits per heavy atom. The summed E-state index contributed by atoms with van der Waals surface area (Å²) in [6.07, 6.45) is 6.54. The number of fused-ring (bicyclic) bond motifs is 1. The Kier molecular flexibility index (Phi) is 5.35. The lowest BCUT2D eigenvalue weighted by molar-refractivity contribution is 0.240. The average Bonchev–Trinajstić information content (AvgIpc) is 2.70. The lowest BCUT2D eigenvalue weighted by Crippen LogP contribution is -2.39. The van der Waals surface area contributed by atoms with Gasteiger partial charge in [0.1, 0.15) is 5.58 Å². The van der Waals surface area contributed by atoms with E-state index in [0.29, 0.717) is 11.6 Å². The number of hydrogen-bond donors (Lipinski definition) is 1. The predicted octanol–water partition coefficient (Wildman–Crippen LogP) is 4.38. The van der Waals surface area contributed by atoms with Crippen molar-refractivity contribution in [3.05, 3.63) is 82.7 Å². The van der Waals surface area contributed by atoms with Crippen molar-refractivity contribution in [2.75, 3.05) is 25.0 Å². The summed E-state index contributed by atoms with van der Waals surface area (Å²) in [6, 6.07) is 20.0. The van der Waals surface area contributed by atoms with Crippen LogP contribution in [0.5, 0.6) is 0 Å². The van der Waals surface area contributed by atoms with Crippen LogP contribution in [0.2, 0.25) is 0 Å². The van der Waals surface area contributed by atoms with Gasteiger partial charge in [0, 0.05) is 37.1 Å². The fraction of sp³-hybridized carbons (Fsp3) is 0.261. The molecule has 1 aliphatic rings. The molecule has 1 fully saturated rings. The molecule has 1 saturated heterocycles. The zero-order valence-electron chi connectivity index (χ0n) is 15.3. The summed E-state index contributed by atoms with van der Waals surface area (Å²) in [5.74, 6) is 0. The molecule has 0 unspecified atom stereocenters. The molecule has 0 spiro atoms. The van der Waals surface area contributed by atoms with Crippen LogP contribution >= 0.6 is 0 Å². The van der Waals surface area contributed by atoms with Gasteiger partial charge in [-0.2, -0.15) is 0 Å². The molecule has 4 rings (SSSR count). The van der Waals surface area contributed by atoms with Gasteiger partial charge in [-0.25, -0.2) is 4.79 Å². The minimum Gasteiger partial charge on any atom is -0.423 e. The van der Waals surface area contributed by atoms with E-state index in [2.05, 4.69) is 46.6 Å². The highest BCUT2D eigenvalue weighted by atomic mass is 16.4. The molecule has 3 aromatic rings. The monoisotopic (exact) mass is 360 g/mol. The molecule has 0 saturated carbocycles. The molecule has 0 aliphatic carbocycles. The highest BCUT2D eigenvalue weighted by molar-refractivity contribution is 5.89. The lowest BCUT2D eigenvalue weighted by atomic mass is 10.0. The molecule has 0 bridgehead atoms. The van der Waals surface area contributed by atoms with E-state index in [9.17, 15) is 4.79 Å². The maximum atomic E-state index is 11.8. The molecular formula is C23H24N2O2. The smallest absolute Gasteiger partial charge is 0.338 e. The van der Waals surface area contributed by atoms with Gasteiger partial charge in [0.2, 0.25) is 0 Å². The standard InChI is InChI=1S/C23H24N2O2/c26-23-17-21(20-10-4-5-11-22(20)27-23)24-19-12-15-25(16-13-19)14-6-9-18-7-2-1-3-8-18/h1-11,17,19,24H,12-16H2/b9-6+. The van der Waals surface area contributed by atoms with Crippen molar-refractivity contribution in [1.29, 1.82) is 0 Å². The summed E-state index contributed by atoms with van der Waals surface area (Å²) >= 11 is 0. The van der Waals surface area contributed by atoms with E-state index in [-0.39, 0.29) is 5.63 Å². The van der Waals surface area contributed by atoms with Gasteiger partial charge < -0.3 is 9.73 Å². The van der Waals surface area contributed by atoms with Crippen LogP contribution in [0.3, 0.4) is 0 Å². The van der Waals surface area contributed by atoms with Gasteiger partial charge in [-0.1, -0.05) is 54.6 Å². The minimum atomic E-state index is -0.306. The molecule has 0 amide bonds. The molecule has 0 atom stereocenters. The molecule has 1 N–H and O–H groups in total. The zero-order chi connectivity index (χ0) is 18.5. The highest BCUT2D eigenvalue weighted by Crippen LogP contribution is 2.24. The first-order chi connectivity index (χ1) is 13.3. The molecule has 2 aromatic carbocycles. The number of rotatable bonds is 5. The summed E-state index contributed by atoms with van der Waals surface area (Å²) in [5, 5.41) is 4.53. The first-order valence-electron chi connectivity index (χ1n) is 9.51. The number of anilines is 1. The Labute approximate surface area is 159 Å². The van der Waals surface area contributed by atoms with Crippen molar-refractivity contribution in [3.63, 3.8) is 0 Å². The summed E-state index contributed by atoms with van der Waals surface area (Å²) in [7, 11) is 0. The van der Waals surface area contributed by atoms with Crippen LogP contribution in [0.15, 0.2) is 76.0 Å². The number of piperidine rings is 1. The van der Waals surface area contributed by atoms with Crippen molar-refractivity contribution in [1.82, 2.24) is 4.90 Å². The molecule has 1 aromatic heterocycles. The van der Waals surface area contributed by atoms with Gasteiger partial charge in [-0.05, 0) is 30.5 Å². The van der Waals surface area contributed by atoms with Crippen LogP contribution in [0.25, 0.3) is 17.0 Å². The highest BCUT2D eigenvalue weighted by Gasteiger charge is 2.19. The zero-order valence-corrected chi connectivity index (χ0v) is 15.3. The van der Waals surface area contributed by atoms with Crippen LogP contribution in [0.1, 0.15) is 18.4 Å². The summed E-state index contributed by atoms with van der Waals surface area (Å²) < 4.78 is 5.28. The van der Waals surface area contributed by atoms with E-state index in [0.717, 1.165) is 43.5 Å². The number of benzene rings is 2. The second-order valence-corrected chi connectivity index (χ2v) is 7.01.